The molecule has 2 aliphatic carbocycles. The fraction of sp³-hybridized carbons (Fsp3) is 0.579. The lowest BCUT2D eigenvalue weighted by atomic mass is 9.95. The molecule has 3 aliphatic rings. The molecule has 5 heteroatoms. The maximum atomic E-state index is 11.9. The molecule has 24 heavy (non-hydrogen) atoms. The minimum atomic E-state index is 0.229. The highest BCUT2D eigenvalue weighted by Gasteiger charge is 2.39. The molecule has 0 spiro atoms. The van der Waals surface area contributed by atoms with E-state index < -0.39 is 0 Å². The Morgan fingerprint density at radius 3 is 2.79 bits per heavy atom. The number of nitrogens with one attached hydrogen (secondary N) is 2. The molecule has 3 fully saturated rings. The van der Waals surface area contributed by atoms with Crippen molar-refractivity contribution in [1.29, 1.82) is 0 Å². The number of carbonyl (C=O) groups excluding carboxylic acids is 1. The molecule has 1 amide bonds. The molecule has 1 aromatic carbocycles. The number of anilines is 2. The summed E-state index contributed by atoms with van der Waals surface area (Å²) >= 11 is 5.50. The summed E-state index contributed by atoms with van der Waals surface area (Å²) < 4.78 is 0. The first-order valence-corrected chi connectivity index (χ1v) is 9.49. The normalized spacial score (nSPS) is 28.5. The van der Waals surface area contributed by atoms with Gasteiger partial charge in [-0.1, -0.05) is 6.42 Å². The van der Waals surface area contributed by atoms with Crippen LogP contribution in [0.4, 0.5) is 11.4 Å². The third-order valence-electron chi connectivity index (χ3n) is 5.87. The first kappa shape index (κ1) is 15.9. The molecule has 0 radical (unpaired) electrons. The summed E-state index contributed by atoms with van der Waals surface area (Å²) in [5, 5.41) is 7.55. The Kier molecular flexibility index (Phi) is 4.21. The van der Waals surface area contributed by atoms with Crippen LogP contribution in [0.25, 0.3) is 0 Å². The van der Waals surface area contributed by atoms with E-state index in [0.717, 1.165) is 46.9 Å². The summed E-state index contributed by atoms with van der Waals surface area (Å²) in [6, 6.07) is 6.67. The molecule has 0 aromatic heterocycles. The van der Waals surface area contributed by atoms with Gasteiger partial charge in [-0.3, -0.25) is 4.79 Å². The Bertz CT molecular complexity index is 675. The zero-order valence-corrected chi connectivity index (χ0v) is 15.0. The number of benzene rings is 1. The van der Waals surface area contributed by atoms with Crippen LogP contribution in [-0.4, -0.2) is 23.6 Å². The van der Waals surface area contributed by atoms with Crippen LogP contribution in [0.2, 0.25) is 0 Å². The second-order valence-corrected chi connectivity index (χ2v) is 7.94. The van der Waals surface area contributed by atoms with Crippen LogP contribution in [0.3, 0.4) is 0 Å². The fourth-order valence-electron chi connectivity index (χ4n) is 4.70. The zero-order valence-electron chi connectivity index (χ0n) is 14.2. The molecule has 4 rings (SSSR count). The summed E-state index contributed by atoms with van der Waals surface area (Å²) in [6.07, 6.45) is 7.01. The predicted octanol–water partition coefficient (Wildman–Crippen LogP) is 3.60. The standard InChI is InChI=1S/C19H25N3OS/c1-12-9-15(6-7-17(12)22-8-2-3-18(22)23)20-19(24)21-16-11-13-4-5-14(16)10-13/h6-7,9,13-14,16H,2-5,8,10-11H2,1H3,(H2,20,21,24). The second-order valence-electron chi connectivity index (χ2n) is 7.53. The smallest absolute Gasteiger partial charge is 0.227 e. The highest BCUT2D eigenvalue weighted by molar-refractivity contribution is 7.80. The van der Waals surface area contributed by atoms with Crippen molar-refractivity contribution in [3.8, 4) is 0 Å². The van der Waals surface area contributed by atoms with E-state index in [1.54, 1.807) is 0 Å². The van der Waals surface area contributed by atoms with E-state index in [0.29, 0.717) is 12.5 Å². The lowest BCUT2D eigenvalue weighted by Crippen LogP contribution is -2.40. The number of carbonyl (C=O) groups is 1. The van der Waals surface area contributed by atoms with Crippen LogP contribution >= 0.6 is 12.2 Å². The van der Waals surface area contributed by atoms with Crippen LogP contribution in [-0.2, 0) is 4.79 Å². The van der Waals surface area contributed by atoms with E-state index in [-0.39, 0.29) is 5.91 Å². The van der Waals surface area contributed by atoms with E-state index in [4.69, 9.17) is 12.2 Å². The van der Waals surface area contributed by atoms with Gasteiger partial charge in [0.2, 0.25) is 5.91 Å². The highest BCUT2D eigenvalue weighted by atomic mass is 32.1. The maximum absolute atomic E-state index is 11.9. The SMILES string of the molecule is Cc1cc(NC(=S)NC2CC3CCC2C3)ccc1N1CCCC1=O. The molecule has 3 atom stereocenters. The van der Waals surface area contributed by atoms with E-state index in [1.165, 1.54) is 25.7 Å². The largest absolute Gasteiger partial charge is 0.359 e. The minimum Gasteiger partial charge on any atom is -0.359 e. The second kappa shape index (κ2) is 6.36. The number of rotatable bonds is 3. The zero-order chi connectivity index (χ0) is 16.7. The van der Waals surface area contributed by atoms with Gasteiger partial charge in [0.05, 0.1) is 0 Å². The van der Waals surface area contributed by atoms with Crippen molar-refractivity contribution in [3.63, 3.8) is 0 Å². The number of thiocarbonyl (C=S) groups is 1. The third kappa shape index (κ3) is 3.02. The van der Waals surface area contributed by atoms with Gasteiger partial charge in [-0.2, -0.15) is 0 Å². The average Bonchev–Trinajstić information content (AvgIpc) is 3.24. The number of amides is 1. The molecule has 1 aliphatic heterocycles. The molecular formula is C19H25N3OS. The van der Waals surface area contributed by atoms with E-state index in [2.05, 4.69) is 23.6 Å². The Labute approximate surface area is 149 Å². The van der Waals surface area contributed by atoms with Crippen LogP contribution < -0.4 is 15.5 Å². The molecule has 2 saturated carbocycles. The highest BCUT2D eigenvalue weighted by Crippen LogP contribution is 2.44. The van der Waals surface area contributed by atoms with Crippen molar-refractivity contribution in [1.82, 2.24) is 5.32 Å². The fourth-order valence-corrected chi connectivity index (χ4v) is 4.97. The lowest BCUT2D eigenvalue weighted by molar-refractivity contribution is -0.117. The van der Waals surface area contributed by atoms with Crippen LogP contribution in [0.5, 0.6) is 0 Å². The van der Waals surface area contributed by atoms with Crippen molar-refractivity contribution < 1.29 is 4.79 Å². The number of hydrogen-bond donors (Lipinski definition) is 2. The Hall–Kier alpha value is -1.62. The van der Waals surface area contributed by atoms with Gasteiger partial charge in [0.1, 0.15) is 0 Å². The first-order valence-electron chi connectivity index (χ1n) is 9.08. The Morgan fingerprint density at radius 1 is 1.29 bits per heavy atom. The molecule has 128 valence electrons. The topological polar surface area (TPSA) is 44.4 Å². The summed E-state index contributed by atoms with van der Waals surface area (Å²) in [7, 11) is 0. The quantitative estimate of drug-likeness (QED) is 0.823. The summed E-state index contributed by atoms with van der Waals surface area (Å²) in [5.41, 5.74) is 3.12. The number of nitrogens with zero attached hydrogens (tertiary/aromatic N) is 1. The van der Waals surface area contributed by atoms with Gasteiger partial charge < -0.3 is 15.5 Å². The van der Waals surface area contributed by atoms with Gasteiger partial charge in [-0.05, 0) is 80.4 Å². The van der Waals surface area contributed by atoms with Crippen molar-refractivity contribution in [2.75, 3.05) is 16.8 Å². The Balaban J connectivity index is 1.38. The van der Waals surface area contributed by atoms with Crippen molar-refractivity contribution >= 4 is 34.6 Å². The Morgan fingerprint density at radius 2 is 2.17 bits per heavy atom. The molecular weight excluding hydrogens is 318 g/mol. The van der Waals surface area contributed by atoms with Crippen molar-refractivity contribution in [2.24, 2.45) is 11.8 Å². The molecule has 1 aromatic rings. The maximum Gasteiger partial charge on any atom is 0.227 e. The first-order chi connectivity index (χ1) is 11.6. The van der Waals surface area contributed by atoms with Gasteiger partial charge in [-0.25, -0.2) is 0 Å². The van der Waals surface area contributed by atoms with E-state index >= 15 is 0 Å². The van der Waals surface area contributed by atoms with Gasteiger partial charge in [0.15, 0.2) is 5.11 Å². The molecule has 2 N–H and O–H groups in total. The number of fused-ring (bicyclic) bond motifs is 2. The van der Waals surface area contributed by atoms with Gasteiger partial charge in [-0.15, -0.1) is 0 Å². The average molecular weight is 343 g/mol. The molecule has 2 bridgehead atoms. The summed E-state index contributed by atoms with van der Waals surface area (Å²) in [6.45, 7) is 2.88. The molecule has 1 heterocycles. The van der Waals surface area contributed by atoms with Crippen LogP contribution in [0.15, 0.2) is 18.2 Å². The number of hydrogen-bond acceptors (Lipinski definition) is 2. The predicted molar refractivity (Wildman–Crippen MR) is 101 cm³/mol. The minimum absolute atomic E-state index is 0.229. The third-order valence-corrected chi connectivity index (χ3v) is 6.09. The van der Waals surface area contributed by atoms with Crippen LogP contribution in [0.1, 0.15) is 44.1 Å². The monoisotopic (exact) mass is 343 g/mol. The van der Waals surface area contributed by atoms with Crippen molar-refractivity contribution in [2.45, 2.75) is 51.5 Å². The number of aryl methyl sites for hydroxylation is 1. The van der Waals surface area contributed by atoms with E-state index in [9.17, 15) is 4.79 Å². The van der Waals surface area contributed by atoms with Gasteiger partial charge in [0, 0.05) is 30.4 Å². The molecule has 3 unspecified atom stereocenters. The lowest BCUT2D eigenvalue weighted by Gasteiger charge is -2.25. The van der Waals surface area contributed by atoms with Gasteiger partial charge in [0.25, 0.3) is 0 Å². The van der Waals surface area contributed by atoms with E-state index in [1.807, 2.05) is 17.0 Å². The summed E-state index contributed by atoms with van der Waals surface area (Å²) in [5.74, 6) is 1.95. The van der Waals surface area contributed by atoms with Crippen molar-refractivity contribution in [3.05, 3.63) is 23.8 Å². The summed E-state index contributed by atoms with van der Waals surface area (Å²) in [4.78, 5) is 13.8. The van der Waals surface area contributed by atoms with Crippen LogP contribution in [0, 0.1) is 18.8 Å². The molecule has 1 saturated heterocycles. The molecule has 4 nitrogen and oxygen atoms in total. The van der Waals surface area contributed by atoms with Gasteiger partial charge >= 0.3 is 0 Å².